The van der Waals surface area contributed by atoms with Crippen molar-refractivity contribution in [2.45, 2.75) is 68.4 Å². The van der Waals surface area contributed by atoms with E-state index in [9.17, 15) is 18.3 Å². The molecule has 1 saturated carbocycles. The summed E-state index contributed by atoms with van der Waals surface area (Å²) in [6.07, 6.45) is 7.88. The summed E-state index contributed by atoms with van der Waals surface area (Å²) in [6, 6.07) is 4.08. The highest BCUT2D eigenvalue weighted by molar-refractivity contribution is 7.89. The van der Waals surface area contributed by atoms with Gasteiger partial charge in [-0.1, -0.05) is 25.7 Å². The Kier molecular flexibility index (Phi) is 6.73. The molecule has 0 radical (unpaired) electrons. The lowest BCUT2D eigenvalue weighted by Gasteiger charge is -2.20. The Hall–Kier alpha value is -1.64. The molecule has 1 aliphatic carbocycles. The number of carboxylic acids is 1. The van der Waals surface area contributed by atoms with Crippen molar-refractivity contribution in [1.29, 1.82) is 0 Å². The standard InChI is InChI=1S/C19H28N2O5S/c22-19(23)14-9-10-17(20-13-16-8-5-11-26-16)18(12-14)27(24,25)21-15-6-3-1-2-4-7-15/h9-10,12,15-16,20-21H,1-8,11,13H2,(H,22,23)/t16-/m0/s1. The van der Waals surface area contributed by atoms with Crippen LogP contribution in [0.4, 0.5) is 5.69 Å². The van der Waals surface area contributed by atoms with Crippen LogP contribution in [0, 0.1) is 0 Å². The van der Waals surface area contributed by atoms with E-state index >= 15 is 0 Å². The monoisotopic (exact) mass is 396 g/mol. The maximum Gasteiger partial charge on any atom is 0.335 e. The summed E-state index contributed by atoms with van der Waals surface area (Å²) in [6.45, 7) is 1.22. The van der Waals surface area contributed by atoms with Crippen LogP contribution in [0.3, 0.4) is 0 Å². The quantitative estimate of drug-likeness (QED) is 0.612. The molecule has 8 heteroatoms. The third-order valence-electron chi connectivity index (χ3n) is 5.24. The van der Waals surface area contributed by atoms with E-state index in [0.717, 1.165) is 58.0 Å². The molecule has 3 rings (SSSR count). The zero-order chi connectivity index (χ0) is 19.3. The number of nitrogens with one attached hydrogen (secondary N) is 2. The highest BCUT2D eigenvalue weighted by Crippen LogP contribution is 2.26. The molecule has 1 heterocycles. The van der Waals surface area contributed by atoms with Gasteiger partial charge < -0.3 is 15.2 Å². The summed E-state index contributed by atoms with van der Waals surface area (Å²) in [5.74, 6) is -1.15. The molecule has 7 nitrogen and oxygen atoms in total. The van der Waals surface area contributed by atoms with E-state index in [1.807, 2.05) is 0 Å². The molecule has 1 aromatic carbocycles. The van der Waals surface area contributed by atoms with Crippen molar-refractivity contribution in [3.63, 3.8) is 0 Å². The number of hydrogen-bond acceptors (Lipinski definition) is 5. The highest BCUT2D eigenvalue weighted by Gasteiger charge is 2.25. The summed E-state index contributed by atoms with van der Waals surface area (Å²) in [7, 11) is -3.83. The molecule has 1 aliphatic heterocycles. The summed E-state index contributed by atoms with van der Waals surface area (Å²) in [5.41, 5.74) is 0.371. The van der Waals surface area contributed by atoms with Crippen LogP contribution in [0.25, 0.3) is 0 Å². The van der Waals surface area contributed by atoms with Crippen LogP contribution in [-0.2, 0) is 14.8 Å². The van der Waals surface area contributed by atoms with Crippen LogP contribution in [0.15, 0.2) is 23.1 Å². The molecule has 2 aliphatic rings. The van der Waals surface area contributed by atoms with Crippen LogP contribution in [0.1, 0.15) is 61.7 Å². The van der Waals surface area contributed by atoms with E-state index in [1.54, 1.807) is 0 Å². The molecule has 0 bridgehead atoms. The summed E-state index contributed by atoms with van der Waals surface area (Å²) < 4.78 is 34.4. The van der Waals surface area contributed by atoms with Gasteiger partial charge in [0.2, 0.25) is 10.0 Å². The van der Waals surface area contributed by atoms with E-state index in [0.29, 0.717) is 12.2 Å². The minimum Gasteiger partial charge on any atom is -0.478 e. The zero-order valence-electron chi connectivity index (χ0n) is 15.4. The van der Waals surface area contributed by atoms with Crippen molar-refractivity contribution in [2.24, 2.45) is 0 Å². The maximum absolute atomic E-state index is 13.0. The number of hydrogen-bond donors (Lipinski definition) is 3. The van der Waals surface area contributed by atoms with Gasteiger partial charge in [-0.05, 0) is 43.9 Å². The molecule has 0 unspecified atom stereocenters. The molecule has 0 spiro atoms. The molecule has 3 N–H and O–H groups in total. The van der Waals surface area contributed by atoms with Crippen LogP contribution < -0.4 is 10.0 Å². The highest BCUT2D eigenvalue weighted by atomic mass is 32.2. The van der Waals surface area contributed by atoms with Crippen molar-refractivity contribution in [1.82, 2.24) is 4.72 Å². The Labute approximate surface area is 160 Å². The molecule has 27 heavy (non-hydrogen) atoms. The van der Waals surface area contributed by atoms with Gasteiger partial charge in [0.05, 0.1) is 17.4 Å². The van der Waals surface area contributed by atoms with E-state index < -0.39 is 16.0 Å². The van der Waals surface area contributed by atoms with Gasteiger partial charge in [-0.2, -0.15) is 0 Å². The summed E-state index contributed by atoms with van der Waals surface area (Å²) in [5, 5.41) is 12.4. The first kappa shape index (κ1) is 20.1. The number of rotatable bonds is 7. The second-order valence-electron chi connectivity index (χ2n) is 7.34. The second kappa shape index (κ2) is 9.03. The van der Waals surface area contributed by atoms with Crippen molar-refractivity contribution in [3.8, 4) is 0 Å². The average Bonchev–Trinajstić information content (AvgIpc) is 3.03. The molecular formula is C19H28N2O5S. The summed E-state index contributed by atoms with van der Waals surface area (Å²) >= 11 is 0. The lowest BCUT2D eigenvalue weighted by Crippen LogP contribution is -2.35. The molecule has 0 aromatic heterocycles. The lowest BCUT2D eigenvalue weighted by atomic mass is 10.1. The topological polar surface area (TPSA) is 105 Å². The van der Waals surface area contributed by atoms with E-state index in [4.69, 9.17) is 4.74 Å². The first-order valence-electron chi connectivity index (χ1n) is 9.71. The number of ether oxygens (including phenoxy) is 1. The minimum absolute atomic E-state index is 0.00959. The number of carbonyl (C=O) groups is 1. The molecule has 0 amide bonds. The van der Waals surface area contributed by atoms with Crippen LogP contribution in [0.5, 0.6) is 0 Å². The van der Waals surface area contributed by atoms with Gasteiger partial charge in [0.15, 0.2) is 0 Å². The number of aromatic carboxylic acids is 1. The molecule has 2 fully saturated rings. The Morgan fingerprint density at radius 2 is 1.85 bits per heavy atom. The SMILES string of the molecule is O=C(O)c1ccc(NC[C@@H]2CCCO2)c(S(=O)(=O)NC2CCCCCC2)c1. The first-order chi connectivity index (χ1) is 13.0. The number of sulfonamides is 1. The van der Waals surface area contributed by atoms with Crippen LogP contribution in [0.2, 0.25) is 0 Å². The van der Waals surface area contributed by atoms with Gasteiger partial charge in [0, 0.05) is 19.2 Å². The Balaban J connectivity index is 1.82. The fourth-order valence-corrected chi connectivity index (χ4v) is 5.25. The average molecular weight is 397 g/mol. The van der Waals surface area contributed by atoms with Crippen molar-refractivity contribution >= 4 is 21.7 Å². The number of benzene rings is 1. The van der Waals surface area contributed by atoms with Crippen molar-refractivity contribution in [2.75, 3.05) is 18.5 Å². The van der Waals surface area contributed by atoms with Gasteiger partial charge in [-0.25, -0.2) is 17.9 Å². The fourth-order valence-electron chi connectivity index (χ4n) is 3.73. The lowest BCUT2D eigenvalue weighted by molar-refractivity contribution is 0.0696. The molecule has 150 valence electrons. The van der Waals surface area contributed by atoms with Gasteiger partial charge in [0.1, 0.15) is 4.90 Å². The summed E-state index contributed by atoms with van der Waals surface area (Å²) in [4.78, 5) is 11.3. The van der Waals surface area contributed by atoms with Crippen LogP contribution >= 0.6 is 0 Å². The predicted octanol–water partition coefficient (Wildman–Crippen LogP) is 2.98. The Bertz CT molecular complexity index is 751. The fraction of sp³-hybridized carbons (Fsp3) is 0.632. The van der Waals surface area contributed by atoms with Gasteiger partial charge >= 0.3 is 5.97 Å². The number of anilines is 1. The second-order valence-corrected chi connectivity index (χ2v) is 9.02. The van der Waals surface area contributed by atoms with Gasteiger partial charge in [0.25, 0.3) is 0 Å². The molecule has 1 saturated heterocycles. The first-order valence-corrected chi connectivity index (χ1v) is 11.2. The zero-order valence-corrected chi connectivity index (χ0v) is 16.3. The van der Waals surface area contributed by atoms with Gasteiger partial charge in [-0.15, -0.1) is 0 Å². The normalized spacial score (nSPS) is 21.7. The maximum atomic E-state index is 13.0. The van der Waals surface area contributed by atoms with Crippen molar-refractivity contribution < 1.29 is 23.1 Å². The third kappa shape index (κ3) is 5.43. The smallest absolute Gasteiger partial charge is 0.335 e. The third-order valence-corrected chi connectivity index (χ3v) is 6.80. The molecular weight excluding hydrogens is 368 g/mol. The predicted molar refractivity (Wildman–Crippen MR) is 103 cm³/mol. The minimum atomic E-state index is -3.83. The van der Waals surface area contributed by atoms with Crippen molar-refractivity contribution in [3.05, 3.63) is 23.8 Å². The van der Waals surface area contributed by atoms with E-state index in [-0.39, 0.29) is 22.6 Å². The largest absolute Gasteiger partial charge is 0.478 e. The van der Waals surface area contributed by atoms with Gasteiger partial charge in [-0.3, -0.25) is 0 Å². The van der Waals surface area contributed by atoms with E-state index in [2.05, 4.69) is 10.0 Å². The Morgan fingerprint density at radius 3 is 2.48 bits per heavy atom. The number of carboxylic acid groups (broad SMARTS) is 1. The Morgan fingerprint density at radius 1 is 1.11 bits per heavy atom. The molecule has 1 aromatic rings. The van der Waals surface area contributed by atoms with Crippen LogP contribution in [-0.4, -0.2) is 44.8 Å². The van der Waals surface area contributed by atoms with E-state index in [1.165, 1.54) is 18.2 Å². The molecule has 1 atom stereocenters.